The predicted octanol–water partition coefficient (Wildman–Crippen LogP) is 3.43. The topological polar surface area (TPSA) is 50.4 Å². The largest absolute Gasteiger partial charge is 0.435 e. The fraction of sp³-hybridized carbons (Fsp3) is 0.562. The molecule has 1 heterocycles. The van der Waals surface area contributed by atoms with Gasteiger partial charge in [0.1, 0.15) is 5.75 Å². The van der Waals surface area contributed by atoms with Gasteiger partial charge in [-0.1, -0.05) is 12.8 Å². The molecule has 4 nitrogen and oxygen atoms in total. The number of rotatable bonds is 4. The zero-order valence-corrected chi connectivity index (χ0v) is 13.5. The molecule has 23 heavy (non-hydrogen) atoms. The monoisotopic (exact) mass is 346 g/mol. The lowest BCUT2D eigenvalue weighted by Gasteiger charge is -2.37. The first-order valence-corrected chi connectivity index (χ1v) is 7.67. The summed E-state index contributed by atoms with van der Waals surface area (Å²) in [4.78, 5) is 12.7. The van der Waals surface area contributed by atoms with Gasteiger partial charge in [0.25, 0.3) is 0 Å². The molecule has 7 heteroatoms. The lowest BCUT2D eigenvalue weighted by molar-refractivity contribution is -0.128. The van der Waals surface area contributed by atoms with E-state index in [4.69, 9.17) is 0 Å². The Morgan fingerprint density at radius 3 is 2.74 bits per heavy atom. The molecule has 2 atom stereocenters. The van der Waals surface area contributed by atoms with Crippen LogP contribution in [0.25, 0.3) is 0 Å². The van der Waals surface area contributed by atoms with E-state index in [1.807, 2.05) is 0 Å². The zero-order valence-electron chi connectivity index (χ0n) is 12.7. The van der Waals surface area contributed by atoms with Crippen LogP contribution in [0.15, 0.2) is 24.3 Å². The Balaban J connectivity index is 0.00000192. The molecule has 1 aromatic rings. The standard InChI is InChI=1S/C16H20F2N2O2.ClH/c17-15(18)22-13-6-4-12(5-7-13)20-14(21)16-8-2-1-3-11(16)9-19-10-16;/h4-7,11,15,19H,1-3,8-10H2,(H,20,21);1H/t11-,16+;/m0./s1. The summed E-state index contributed by atoms with van der Waals surface area (Å²) in [5, 5.41) is 6.27. The second-order valence-corrected chi connectivity index (χ2v) is 6.09. The Kier molecular flexibility index (Phi) is 5.81. The zero-order chi connectivity index (χ0) is 15.6. The van der Waals surface area contributed by atoms with Crippen molar-refractivity contribution >= 4 is 24.0 Å². The summed E-state index contributed by atoms with van der Waals surface area (Å²) in [6, 6.07) is 6.05. The SMILES string of the molecule is Cl.O=C(Nc1ccc(OC(F)F)cc1)[C@@]12CCCC[C@H]1CNC2. The highest BCUT2D eigenvalue weighted by Crippen LogP contribution is 2.44. The van der Waals surface area contributed by atoms with Crippen molar-refractivity contribution in [2.24, 2.45) is 11.3 Å². The van der Waals surface area contributed by atoms with Crippen molar-refractivity contribution in [2.45, 2.75) is 32.3 Å². The van der Waals surface area contributed by atoms with E-state index in [2.05, 4.69) is 15.4 Å². The average Bonchev–Trinajstić information content (AvgIpc) is 2.94. The summed E-state index contributed by atoms with van der Waals surface area (Å²) in [7, 11) is 0. The number of carbonyl (C=O) groups is 1. The number of hydrogen-bond acceptors (Lipinski definition) is 3. The minimum absolute atomic E-state index is 0. The highest BCUT2D eigenvalue weighted by atomic mass is 35.5. The van der Waals surface area contributed by atoms with Gasteiger partial charge in [0, 0.05) is 12.2 Å². The third-order valence-electron chi connectivity index (χ3n) is 4.83. The molecular formula is C16H21ClF2N2O2. The number of anilines is 1. The first-order valence-electron chi connectivity index (χ1n) is 7.67. The van der Waals surface area contributed by atoms with Gasteiger partial charge in [-0.05, 0) is 49.6 Å². The fourth-order valence-corrected chi connectivity index (χ4v) is 3.67. The molecule has 1 aliphatic carbocycles. The van der Waals surface area contributed by atoms with Crippen molar-refractivity contribution in [3.8, 4) is 5.75 Å². The van der Waals surface area contributed by atoms with Crippen molar-refractivity contribution in [1.82, 2.24) is 5.32 Å². The normalized spacial score (nSPS) is 26.3. The van der Waals surface area contributed by atoms with Gasteiger partial charge < -0.3 is 15.4 Å². The number of amides is 1. The van der Waals surface area contributed by atoms with Crippen molar-refractivity contribution in [3.05, 3.63) is 24.3 Å². The summed E-state index contributed by atoms with van der Waals surface area (Å²) in [6.45, 7) is -1.23. The van der Waals surface area contributed by atoms with Crippen LogP contribution in [0.5, 0.6) is 5.75 Å². The lowest BCUT2D eigenvalue weighted by Crippen LogP contribution is -2.44. The fourth-order valence-electron chi connectivity index (χ4n) is 3.67. The maximum Gasteiger partial charge on any atom is 0.387 e. The minimum Gasteiger partial charge on any atom is -0.435 e. The highest BCUT2D eigenvalue weighted by Gasteiger charge is 2.49. The molecule has 3 rings (SSSR count). The first kappa shape index (κ1) is 17.9. The number of halogens is 3. The molecule has 0 radical (unpaired) electrons. The molecule has 0 unspecified atom stereocenters. The quantitative estimate of drug-likeness (QED) is 0.878. The smallest absolute Gasteiger partial charge is 0.387 e. The van der Waals surface area contributed by atoms with Crippen molar-refractivity contribution in [1.29, 1.82) is 0 Å². The number of benzene rings is 1. The van der Waals surface area contributed by atoms with Gasteiger partial charge in [-0.15, -0.1) is 12.4 Å². The number of carbonyl (C=O) groups excluding carboxylic acids is 1. The number of nitrogens with one attached hydrogen (secondary N) is 2. The second kappa shape index (κ2) is 7.45. The van der Waals surface area contributed by atoms with Crippen LogP contribution in [0.2, 0.25) is 0 Å². The Morgan fingerprint density at radius 1 is 1.30 bits per heavy atom. The molecule has 0 bridgehead atoms. The number of ether oxygens (including phenoxy) is 1. The molecule has 1 saturated carbocycles. The van der Waals surface area contributed by atoms with Gasteiger partial charge in [0.2, 0.25) is 5.91 Å². The summed E-state index contributed by atoms with van der Waals surface area (Å²) < 4.78 is 28.5. The van der Waals surface area contributed by atoms with E-state index in [9.17, 15) is 13.6 Å². The third-order valence-corrected chi connectivity index (χ3v) is 4.83. The van der Waals surface area contributed by atoms with Gasteiger partial charge in [-0.25, -0.2) is 0 Å². The number of alkyl halides is 2. The second-order valence-electron chi connectivity index (χ2n) is 6.09. The average molecular weight is 347 g/mol. The van der Waals surface area contributed by atoms with E-state index < -0.39 is 6.61 Å². The molecule has 1 aromatic carbocycles. The predicted molar refractivity (Wildman–Crippen MR) is 86.2 cm³/mol. The van der Waals surface area contributed by atoms with E-state index >= 15 is 0 Å². The summed E-state index contributed by atoms with van der Waals surface area (Å²) in [5.74, 6) is 0.511. The van der Waals surface area contributed by atoms with Gasteiger partial charge in [0.15, 0.2) is 0 Å². The van der Waals surface area contributed by atoms with Crippen LogP contribution >= 0.6 is 12.4 Å². The Bertz CT molecular complexity index is 541. The van der Waals surface area contributed by atoms with Gasteiger partial charge in [0.05, 0.1) is 5.41 Å². The third kappa shape index (κ3) is 3.75. The maximum atomic E-state index is 12.7. The highest BCUT2D eigenvalue weighted by molar-refractivity contribution is 5.96. The van der Waals surface area contributed by atoms with Crippen LogP contribution in [-0.2, 0) is 4.79 Å². The molecule has 2 N–H and O–H groups in total. The molecule has 0 aromatic heterocycles. The van der Waals surface area contributed by atoms with Crippen LogP contribution in [0.4, 0.5) is 14.5 Å². The van der Waals surface area contributed by atoms with Gasteiger partial charge >= 0.3 is 6.61 Å². The summed E-state index contributed by atoms with van der Waals surface area (Å²) in [5.41, 5.74) is 0.286. The van der Waals surface area contributed by atoms with Crippen molar-refractivity contribution < 1.29 is 18.3 Å². The molecule has 1 saturated heterocycles. The van der Waals surface area contributed by atoms with E-state index in [0.29, 0.717) is 11.6 Å². The molecule has 2 aliphatic rings. The molecule has 1 aliphatic heterocycles. The van der Waals surface area contributed by atoms with Crippen LogP contribution in [0.3, 0.4) is 0 Å². The number of fused-ring (bicyclic) bond motifs is 1. The Morgan fingerprint density at radius 2 is 2.04 bits per heavy atom. The maximum absolute atomic E-state index is 12.7. The van der Waals surface area contributed by atoms with E-state index in [1.165, 1.54) is 18.6 Å². The first-order chi connectivity index (χ1) is 10.6. The molecular weight excluding hydrogens is 326 g/mol. The van der Waals surface area contributed by atoms with Crippen LogP contribution in [0.1, 0.15) is 25.7 Å². The number of hydrogen-bond donors (Lipinski definition) is 2. The van der Waals surface area contributed by atoms with Gasteiger partial charge in [-0.2, -0.15) is 8.78 Å². The lowest BCUT2D eigenvalue weighted by atomic mass is 9.67. The van der Waals surface area contributed by atoms with Gasteiger partial charge in [-0.3, -0.25) is 4.79 Å². The minimum atomic E-state index is -2.84. The van der Waals surface area contributed by atoms with Crippen molar-refractivity contribution in [2.75, 3.05) is 18.4 Å². The molecule has 128 valence electrons. The summed E-state index contributed by atoms with van der Waals surface area (Å²) >= 11 is 0. The van der Waals surface area contributed by atoms with Crippen LogP contribution < -0.4 is 15.4 Å². The van der Waals surface area contributed by atoms with E-state index in [1.54, 1.807) is 12.1 Å². The summed E-state index contributed by atoms with van der Waals surface area (Å²) in [6.07, 6.45) is 4.25. The molecule has 0 spiro atoms. The van der Waals surface area contributed by atoms with E-state index in [-0.39, 0.29) is 29.5 Å². The van der Waals surface area contributed by atoms with E-state index in [0.717, 1.165) is 32.4 Å². The van der Waals surface area contributed by atoms with Crippen LogP contribution in [0, 0.1) is 11.3 Å². The molecule has 1 amide bonds. The Labute approximate surface area is 140 Å². The van der Waals surface area contributed by atoms with Crippen LogP contribution in [-0.4, -0.2) is 25.6 Å². The Hall–Kier alpha value is -1.40. The molecule has 2 fully saturated rings. The van der Waals surface area contributed by atoms with Crippen molar-refractivity contribution in [3.63, 3.8) is 0 Å².